The van der Waals surface area contributed by atoms with Crippen LogP contribution in [0.4, 0.5) is 0 Å². The number of allylic oxidation sites excluding steroid dienone is 2. The molecule has 130 valence electrons. The van der Waals surface area contributed by atoms with Crippen LogP contribution in [0.1, 0.15) is 35.5 Å². The predicted octanol–water partition coefficient (Wildman–Crippen LogP) is 4.60. The third kappa shape index (κ3) is 2.43. The van der Waals surface area contributed by atoms with Crippen LogP contribution >= 0.6 is 0 Å². The quantitative estimate of drug-likeness (QED) is 0.798. The minimum atomic E-state index is -0.0815. The molecule has 2 aromatic rings. The molecule has 1 aromatic carbocycles. The lowest BCUT2D eigenvalue weighted by Crippen LogP contribution is -2.49. The summed E-state index contributed by atoms with van der Waals surface area (Å²) in [5.41, 5.74) is 5.93. The van der Waals surface area contributed by atoms with Crippen molar-refractivity contribution in [2.45, 2.75) is 25.6 Å². The largest absolute Gasteiger partial charge is 0.353 e. The van der Waals surface area contributed by atoms with Gasteiger partial charge in [-0.2, -0.15) is 0 Å². The number of aromatic nitrogens is 1. The minimum Gasteiger partial charge on any atom is -0.353 e. The lowest BCUT2D eigenvalue weighted by atomic mass is 9.88. The fourth-order valence-corrected chi connectivity index (χ4v) is 4.17. The molecule has 5 rings (SSSR count). The molecule has 3 nitrogen and oxygen atoms in total. The molecule has 3 heteroatoms. The van der Waals surface area contributed by atoms with Crippen molar-refractivity contribution in [3.8, 4) is 0 Å². The van der Waals surface area contributed by atoms with Crippen LogP contribution in [0.3, 0.4) is 0 Å². The average molecular weight is 342 g/mol. The molecule has 0 radical (unpaired) electrons. The number of pyridine rings is 1. The maximum atomic E-state index is 6.33. The Morgan fingerprint density at radius 1 is 1.12 bits per heavy atom. The first kappa shape index (κ1) is 15.6. The van der Waals surface area contributed by atoms with Gasteiger partial charge in [0.1, 0.15) is 0 Å². The molecule has 1 aromatic heterocycles. The Labute approximate surface area is 154 Å². The number of rotatable bonds is 2. The molecule has 2 aliphatic heterocycles. The summed E-state index contributed by atoms with van der Waals surface area (Å²) in [4.78, 5) is 7.04. The van der Waals surface area contributed by atoms with E-state index in [0.29, 0.717) is 12.0 Å². The topological polar surface area (TPSA) is 25.4 Å². The number of nitrogens with zero attached hydrogens (tertiary/aromatic N) is 2. The molecule has 0 spiro atoms. The maximum Gasteiger partial charge on any atom is 0.159 e. The number of fused-ring (bicyclic) bond motifs is 5. The predicted molar refractivity (Wildman–Crippen MR) is 104 cm³/mol. The van der Waals surface area contributed by atoms with Gasteiger partial charge in [-0.3, -0.25) is 4.98 Å². The molecule has 3 aliphatic rings. The summed E-state index contributed by atoms with van der Waals surface area (Å²) in [6, 6.07) is 13.3. The second-order valence-corrected chi connectivity index (χ2v) is 7.08. The lowest BCUT2D eigenvalue weighted by Gasteiger charge is -2.49. The second-order valence-electron chi connectivity index (χ2n) is 7.08. The average Bonchev–Trinajstić information content (AvgIpc) is 2.73. The third-order valence-electron chi connectivity index (χ3n) is 5.58. The Hall–Kier alpha value is -2.65. The Balaban J connectivity index is 1.65. The van der Waals surface area contributed by atoms with Gasteiger partial charge in [-0.1, -0.05) is 61.6 Å². The van der Waals surface area contributed by atoms with Crippen LogP contribution in [0.5, 0.6) is 0 Å². The SMILES string of the molecule is CCc1ccc(C2=Cc3ncccc3C3OCC4C=CC=CC4N23)cc1. The van der Waals surface area contributed by atoms with Crippen molar-refractivity contribution in [1.82, 2.24) is 9.88 Å². The molecule has 0 amide bonds. The first-order valence-electron chi connectivity index (χ1n) is 9.36. The molecule has 3 atom stereocenters. The van der Waals surface area contributed by atoms with Crippen molar-refractivity contribution in [3.63, 3.8) is 0 Å². The van der Waals surface area contributed by atoms with E-state index < -0.39 is 0 Å². The summed E-state index contributed by atoms with van der Waals surface area (Å²) in [7, 11) is 0. The van der Waals surface area contributed by atoms with E-state index in [4.69, 9.17) is 4.74 Å². The van der Waals surface area contributed by atoms with Crippen molar-refractivity contribution in [2.24, 2.45) is 5.92 Å². The molecule has 0 saturated carbocycles. The number of hydrogen-bond donors (Lipinski definition) is 0. The lowest BCUT2D eigenvalue weighted by molar-refractivity contribution is -0.106. The van der Waals surface area contributed by atoms with Gasteiger partial charge >= 0.3 is 0 Å². The van der Waals surface area contributed by atoms with Gasteiger partial charge in [-0.15, -0.1) is 0 Å². The highest BCUT2D eigenvalue weighted by Crippen LogP contribution is 2.45. The van der Waals surface area contributed by atoms with Gasteiger partial charge in [-0.05, 0) is 29.7 Å². The van der Waals surface area contributed by atoms with Crippen molar-refractivity contribution >= 4 is 11.8 Å². The summed E-state index contributed by atoms with van der Waals surface area (Å²) in [5, 5.41) is 0. The fourth-order valence-electron chi connectivity index (χ4n) is 4.17. The van der Waals surface area contributed by atoms with Gasteiger partial charge in [0.2, 0.25) is 0 Å². The first-order chi connectivity index (χ1) is 12.8. The zero-order valence-corrected chi connectivity index (χ0v) is 14.9. The zero-order chi connectivity index (χ0) is 17.5. The molecule has 3 heterocycles. The summed E-state index contributed by atoms with van der Waals surface area (Å²) in [6.07, 6.45) is 13.9. The Kier molecular flexibility index (Phi) is 3.75. The highest BCUT2D eigenvalue weighted by Gasteiger charge is 2.41. The van der Waals surface area contributed by atoms with E-state index in [2.05, 4.69) is 77.5 Å². The van der Waals surface area contributed by atoms with Gasteiger partial charge in [0.25, 0.3) is 0 Å². The Morgan fingerprint density at radius 2 is 1.96 bits per heavy atom. The summed E-state index contributed by atoms with van der Waals surface area (Å²) in [6.45, 7) is 2.93. The van der Waals surface area contributed by atoms with E-state index in [1.54, 1.807) is 0 Å². The molecule has 1 saturated heterocycles. The first-order valence-corrected chi connectivity index (χ1v) is 9.36. The van der Waals surface area contributed by atoms with Gasteiger partial charge in [0.15, 0.2) is 6.23 Å². The van der Waals surface area contributed by atoms with E-state index in [9.17, 15) is 0 Å². The molecular weight excluding hydrogens is 320 g/mol. The fraction of sp³-hybridized carbons (Fsp3) is 0.261. The summed E-state index contributed by atoms with van der Waals surface area (Å²) >= 11 is 0. The van der Waals surface area contributed by atoms with Crippen LogP contribution in [0.2, 0.25) is 0 Å². The minimum absolute atomic E-state index is 0.0815. The molecule has 26 heavy (non-hydrogen) atoms. The van der Waals surface area contributed by atoms with Crippen LogP contribution in [0, 0.1) is 5.92 Å². The van der Waals surface area contributed by atoms with Gasteiger partial charge in [-0.25, -0.2) is 0 Å². The van der Waals surface area contributed by atoms with Crippen LogP contribution in [-0.2, 0) is 11.2 Å². The van der Waals surface area contributed by atoms with Gasteiger partial charge < -0.3 is 9.64 Å². The van der Waals surface area contributed by atoms with Crippen molar-refractivity contribution in [1.29, 1.82) is 0 Å². The third-order valence-corrected chi connectivity index (χ3v) is 5.58. The summed E-state index contributed by atoms with van der Waals surface area (Å²) in [5.74, 6) is 0.382. The zero-order valence-electron chi connectivity index (χ0n) is 14.9. The Morgan fingerprint density at radius 3 is 2.81 bits per heavy atom. The highest BCUT2D eigenvalue weighted by atomic mass is 16.5. The number of ether oxygens (including phenoxy) is 1. The second kappa shape index (κ2) is 6.26. The molecule has 1 fully saturated rings. The molecule has 3 unspecified atom stereocenters. The monoisotopic (exact) mass is 342 g/mol. The van der Waals surface area contributed by atoms with Crippen LogP contribution in [0.25, 0.3) is 11.8 Å². The molecular formula is C23H22N2O. The van der Waals surface area contributed by atoms with Crippen molar-refractivity contribution in [2.75, 3.05) is 6.61 Å². The number of benzene rings is 1. The normalized spacial score (nSPS) is 26.0. The molecule has 0 N–H and O–H groups in total. The smallest absolute Gasteiger partial charge is 0.159 e. The Bertz CT molecular complexity index is 910. The standard InChI is InChI=1S/C23H22N2O/c1-2-16-9-11-17(12-10-16)22-14-20-19(7-5-13-24-20)23-25(22)21-8-4-3-6-18(21)15-26-23/h3-14,18,21,23H,2,15H2,1H3. The van der Waals surface area contributed by atoms with Crippen LogP contribution in [-0.4, -0.2) is 22.5 Å². The van der Waals surface area contributed by atoms with Crippen LogP contribution < -0.4 is 0 Å². The molecule has 1 aliphatic carbocycles. The van der Waals surface area contributed by atoms with E-state index in [1.165, 1.54) is 16.8 Å². The van der Waals surface area contributed by atoms with E-state index in [-0.39, 0.29) is 6.23 Å². The number of aryl methyl sites for hydroxylation is 1. The van der Waals surface area contributed by atoms with Gasteiger partial charge in [0, 0.05) is 23.4 Å². The number of hydrogen-bond acceptors (Lipinski definition) is 3. The van der Waals surface area contributed by atoms with Crippen molar-refractivity contribution < 1.29 is 4.74 Å². The van der Waals surface area contributed by atoms with Crippen molar-refractivity contribution in [3.05, 3.63) is 89.3 Å². The van der Waals surface area contributed by atoms with Crippen LogP contribution in [0.15, 0.2) is 66.9 Å². The molecule has 0 bridgehead atoms. The van der Waals surface area contributed by atoms with E-state index >= 15 is 0 Å². The van der Waals surface area contributed by atoms with Gasteiger partial charge in [0.05, 0.1) is 18.3 Å². The highest BCUT2D eigenvalue weighted by molar-refractivity contribution is 5.83. The van der Waals surface area contributed by atoms with E-state index in [0.717, 1.165) is 24.3 Å². The van der Waals surface area contributed by atoms with E-state index in [1.807, 2.05) is 12.3 Å². The maximum absolute atomic E-state index is 6.33. The summed E-state index contributed by atoms with van der Waals surface area (Å²) < 4.78 is 6.33.